The minimum atomic E-state index is 0.721. The van der Waals surface area contributed by atoms with Gasteiger partial charge >= 0.3 is 0 Å². The van der Waals surface area contributed by atoms with Gasteiger partial charge in [0.05, 0.1) is 7.11 Å². The average molecular weight is 275 g/mol. The highest BCUT2D eigenvalue weighted by Gasteiger charge is 2.27. The lowest BCUT2D eigenvalue weighted by atomic mass is 9.74. The van der Waals surface area contributed by atoms with E-state index in [1.54, 1.807) is 7.11 Å². The van der Waals surface area contributed by atoms with Crippen LogP contribution in [0.2, 0.25) is 0 Å². The summed E-state index contributed by atoms with van der Waals surface area (Å²) in [6, 6.07) is 6.59. The zero-order valence-electron chi connectivity index (χ0n) is 13.2. The van der Waals surface area contributed by atoms with E-state index in [0.717, 1.165) is 24.1 Å². The monoisotopic (exact) mass is 275 g/mol. The Morgan fingerprint density at radius 2 is 2.05 bits per heavy atom. The Labute approximate surface area is 123 Å². The van der Waals surface area contributed by atoms with Gasteiger partial charge < -0.3 is 10.1 Å². The lowest BCUT2D eigenvalue weighted by molar-refractivity contribution is 0.295. The van der Waals surface area contributed by atoms with Gasteiger partial charge in [-0.25, -0.2) is 0 Å². The highest BCUT2D eigenvalue weighted by atomic mass is 16.5. The third-order valence-electron chi connectivity index (χ3n) is 4.62. The minimum absolute atomic E-state index is 0.721. The fourth-order valence-corrected chi connectivity index (χ4v) is 3.52. The van der Waals surface area contributed by atoms with E-state index in [9.17, 15) is 0 Å². The zero-order chi connectivity index (χ0) is 14.4. The summed E-state index contributed by atoms with van der Waals surface area (Å²) in [5, 5.41) is 3.62. The third-order valence-corrected chi connectivity index (χ3v) is 4.62. The van der Waals surface area contributed by atoms with Gasteiger partial charge in [0.2, 0.25) is 0 Å². The van der Waals surface area contributed by atoms with Gasteiger partial charge in [0.15, 0.2) is 0 Å². The SMILES string of the molecule is CCCNCC1CCCCC1c1ccc(OC)cc1C. The predicted molar refractivity (Wildman–Crippen MR) is 85.6 cm³/mol. The summed E-state index contributed by atoms with van der Waals surface area (Å²) in [4.78, 5) is 0. The first-order valence-corrected chi connectivity index (χ1v) is 8.11. The van der Waals surface area contributed by atoms with Crippen LogP contribution in [-0.2, 0) is 0 Å². The summed E-state index contributed by atoms with van der Waals surface area (Å²) >= 11 is 0. The van der Waals surface area contributed by atoms with Crippen LogP contribution in [0, 0.1) is 12.8 Å². The molecule has 0 heterocycles. The number of nitrogens with one attached hydrogen (secondary N) is 1. The van der Waals surface area contributed by atoms with Crippen molar-refractivity contribution in [2.24, 2.45) is 5.92 Å². The smallest absolute Gasteiger partial charge is 0.119 e. The van der Waals surface area contributed by atoms with Gasteiger partial charge in [0.25, 0.3) is 0 Å². The van der Waals surface area contributed by atoms with Gasteiger partial charge in [0, 0.05) is 0 Å². The van der Waals surface area contributed by atoms with Gasteiger partial charge in [-0.1, -0.05) is 25.8 Å². The highest BCUT2D eigenvalue weighted by Crippen LogP contribution is 2.39. The molecule has 2 nitrogen and oxygen atoms in total. The van der Waals surface area contributed by atoms with Crippen LogP contribution in [0.15, 0.2) is 18.2 Å². The number of ether oxygens (including phenoxy) is 1. The molecule has 112 valence electrons. The van der Waals surface area contributed by atoms with Crippen molar-refractivity contribution >= 4 is 0 Å². The van der Waals surface area contributed by atoms with Crippen LogP contribution in [0.5, 0.6) is 5.75 Å². The van der Waals surface area contributed by atoms with E-state index in [4.69, 9.17) is 4.74 Å². The molecule has 2 rings (SSSR count). The Kier molecular flexibility index (Phi) is 5.90. The molecule has 0 aliphatic heterocycles. The second-order valence-electron chi connectivity index (χ2n) is 6.08. The topological polar surface area (TPSA) is 21.3 Å². The van der Waals surface area contributed by atoms with Crippen molar-refractivity contribution in [2.45, 2.75) is 51.9 Å². The van der Waals surface area contributed by atoms with Crippen LogP contribution >= 0.6 is 0 Å². The maximum Gasteiger partial charge on any atom is 0.119 e. The number of aryl methyl sites for hydroxylation is 1. The van der Waals surface area contributed by atoms with E-state index in [1.165, 1.54) is 49.8 Å². The molecule has 1 saturated carbocycles. The molecule has 2 heteroatoms. The lowest BCUT2D eigenvalue weighted by Crippen LogP contribution is -2.30. The number of hydrogen-bond donors (Lipinski definition) is 1. The van der Waals surface area contributed by atoms with Gasteiger partial charge in [-0.05, 0) is 74.4 Å². The van der Waals surface area contributed by atoms with Crippen molar-refractivity contribution in [3.8, 4) is 5.75 Å². The normalized spacial score (nSPS) is 22.8. The Bertz CT molecular complexity index is 416. The molecule has 0 saturated heterocycles. The summed E-state index contributed by atoms with van der Waals surface area (Å²) in [5.74, 6) is 2.49. The maximum absolute atomic E-state index is 5.33. The molecule has 20 heavy (non-hydrogen) atoms. The van der Waals surface area contributed by atoms with Crippen LogP contribution in [0.3, 0.4) is 0 Å². The Balaban J connectivity index is 2.10. The van der Waals surface area contributed by atoms with Gasteiger partial charge in [-0.15, -0.1) is 0 Å². The Morgan fingerprint density at radius 3 is 2.75 bits per heavy atom. The first kappa shape index (κ1) is 15.4. The molecule has 2 unspecified atom stereocenters. The summed E-state index contributed by atoms with van der Waals surface area (Å²) in [6.07, 6.45) is 6.70. The second kappa shape index (κ2) is 7.68. The molecule has 0 bridgehead atoms. The van der Waals surface area contributed by atoms with Gasteiger partial charge in [0.1, 0.15) is 5.75 Å². The van der Waals surface area contributed by atoms with E-state index in [0.29, 0.717) is 0 Å². The van der Waals surface area contributed by atoms with E-state index in [-0.39, 0.29) is 0 Å². The molecule has 1 fully saturated rings. The number of methoxy groups -OCH3 is 1. The van der Waals surface area contributed by atoms with Gasteiger partial charge in [-0.2, -0.15) is 0 Å². The standard InChI is InChI=1S/C18H29NO/c1-4-11-19-13-15-7-5-6-8-18(15)17-10-9-16(20-3)12-14(17)2/h9-10,12,15,18-19H,4-8,11,13H2,1-3H3. The van der Waals surface area contributed by atoms with E-state index < -0.39 is 0 Å². The van der Waals surface area contributed by atoms with Crippen molar-refractivity contribution in [3.05, 3.63) is 29.3 Å². The van der Waals surface area contributed by atoms with Crippen molar-refractivity contribution in [2.75, 3.05) is 20.2 Å². The van der Waals surface area contributed by atoms with Crippen molar-refractivity contribution in [1.82, 2.24) is 5.32 Å². The summed E-state index contributed by atoms with van der Waals surface area (Å²) in [5.41, 5.74) is 2.92. The molecule has 0 amide bonds. The Morgan fingerprint density at radius 1 is 1.25 bits per heavy atom. The quantitative estimate of drug-likeness (QED) is 0.783. The summed E-state index contributed by atoms with van der Waals surface area (Å²) < 4.78 is 5.33. The fourth-order valence-electron chi connectivity index (χ4n) is 3.52. The molecule has 0 aromatic heterocycles. The first-order valence-electron chi connectivity index (χ1n) is 8.11. The zero-order valence-corrected chi connectivity index (χ0v) is 13.2. The van der Waals surface area contributed by atoms with Crippen molar-refractivity contribution in [1.29, 1.82) is 0 Å². The van der Waals surface area contributed by atoms with Crippen molar-refractivity contribution < 1.29 is 4.74 Å². The molecular weight excluding hydrogens is 246 g/mol. The third kappa shape index (κ3) is 3.76. The maximum atomic E-state index is 5.33. The molecular formula is C18H29NO. The molecule has 2 atom stereocenters. The minimum Gasteiger partial charge on any atom is -0.497 e. The fraction of sp³-hybridized carbons (Fsp3) is 0.667. The lowest BCUT2D eigenvalue weighted by Gasteiger charge is -2.33. The van der Waals surface area contributed by atoms with Crippen molar-refractivity contribution in [3.63, 3.8) is 0 Å². The van der Waals surface area contributed by atoms with E-state index >= 15 is 0 Å². The molecule has 1 aliphatic carbocycles. The van der Waals surface area contributed by atoms with E-state index in [1.807, 2.05) is 0 Å². The molecule has 0 spiro atoms. The van der Waals surface area contributed by atoms with Gasteiger partial charge in [-0.3, -0.25) is 0 Å². The number of benzene rings is 1. The van der Waals surface area contributed by atoms with Crippen LogP contribution in [0.4, 0.5) is 0 Å². The second-order valence-corrected chi connectivity index (χ2v) is 6.08. The molecule has 0 radical (unpaired) electrons. The molecule has 1 aromatic carbocycles. The predicted octanol–water partition coefficient (Wildman–Crippen LogP) is 4.28. The average Bonchev–Trinajstić information content (AvgIpc) is 2.48. The number of hydrogen-bond acceptors (Lipinski definition) is 2. The summed E-state index contributed by atoms with van der Waals surface area (Å²) in [6.45, 7) is 6.77. The summed E-state index contributed by atoms with van der Waals surface area (Å²) in [7, 11) is 1.74. The number of rotatable bonds is 6. The largest absolute Gasteiger partial charge is 0.497 e. The van der Waals surface area contributed by atoms with Crippen LogP contribution in [0.1, 0.15) is 56.1 Å². The Hall–Kier alpha value is -1.02. The van der Waals surface area contributed by atoms with E-state index in [2.05, 4.69) is 37.4 Å². The molecule has 1 N–H and O–H groups in total. The van der Waals surface area contributed by atoms with Crippen LogP contribution < -0.4 is 10.1 Å². The highest BCUT2D eigenvalue weighted by molar-refractivity contribution is 5.37. The molecule has 1 aliphatic rings. The first-order chi connectivity index (χ1) is 9.76. The van der Waals surface area contributed by atoms with Crippen LogP contribution in [-0.4, -0.2) is 20.2 Å². The van der Waals surface area contributed by atoms with Crippen LogP contribution in [0.25, 0.3) is 0 Å². The molecule has 1 aromatic rings.